The number of hydrogen-bond acceptors (Lipinski definition) is 4. The Hall–Kier alpha value is -1.33. The summed E-state index contributed by atoms with van der Waals surface area (Å²) in [5.41, 5.74) is -0.0552. The highest BCUT2D eigenvalue weighted by molar-refractivity contribution is 5.95. The number of carbonyl (C=O) groups is 1. The van der Waals surface area contributed by atoms with Gasteiger partial charge in [-0.1, -0.05) is 0 Å². The van der Waals surface area contributed by atoms with Crippen molar-refractivity contribution in [2.24, 2.45) is 0 Å². The predicted molar refractivity (Wildman–Crippen MR) is 76.7 cm³/mol. The molecule has 1 aromatic heterocycles. The Kier molecular flexibility index (Phi) is 4.20. The van der Waals surface area contributed by atoms with Gasteiger partial charge in [0.25, 0.3) is 5.91 Å². The van der Waals surface area contributed by atoms with Crippen LogP contribution in [0.1, 0.15) is 36.9 Å². The fraction of sp³-hybridized carbons (Fsp3) is 0.667. The van der Waals surface area contributed by atoms with E-state index in [1.807, 2.05) is 32.6 Å². The Morgan fingerprint density at radius 3 is 2.70 bits per heavy atom. The van der Waals surface area contributed by atoms with Gasteiger partial charge in [0.1, 0.15) is 5.76 Å². The van der Waals surface area contributed by atoms with E-state index < -0.39 is 5.60 Å². The Bertz CT molecular complexity index is 476. The van der Waals surface area contributed by atoms with Gasteiger partial charge in [-0.15, -0.1) is 0 Å². The number of aliphatic hydroxyl groups is 1. The van der Waals surface area contributed by atoms with Crippen LogP contribution >= 0.6 is 0 Å². The maximum Gasteiger partial charge on any atom is 0.257 e. The van der Waals surface area contributed by atoms with E-state index in [1.54, 1.807) is 12.3 Å². The van der Waals surface area contributed by atoms with E-state index in [4.69, 9.17) is 4.42 Å². The molecule has 0 radical (unpaired) electrons. The molecular weight excluding hydrogens is 256 g/mol. The van der Waals surface area contributed by atoms with Gasteiger partial charge in [0.05, 0.1) is 17.4 Å². The molecule has 20 heavy (non-hydrogen) atoms. The highest BCUT2D eigenvalue weighted by Gasteiger charge is 2.31. The van der Waals surface area contributed by atoms with Gasteiger partial charge in [-0.3, -0.25) is 9.69 Å². The van der Waals surface area contributed by atoms with Gasteiger partial charge in [0.2, 0.25) is 0 Å². The van der Waals surface area contributed by atoms with E-state index in [-0.39, 0.29) is 11.9 Å². The molecule has 1 saturated heterocycles. The molecule has 1 atom stereocenters. The van der Waals surface area contributed by atoms with Gasteiger partial charge in [0, 0.05) is 32.2 Å². The monoisotopic (exact) mass is 280 g/mol. The van der Waals surface area contributed by atoms with E-state index in [0.29, 0.717) is 24.4 Å². The summed E-state index contributed by atoms with van der Waals surface area (Å²) in [4.78, 5) is 16.6. The number of carbonyl (C=O) groups excluding carboxylic acids is 1. The largest absolute Gasteiger partial charge is 0.469 e. The van der Waals surface area contributed by atoms with Crippen molar-refractivity contribution < 1.29 is 14.3 Å². The van der Waals surface area contributed by atoms with Crippen LogP contribution in [0.2, 0.25) is 0 Å². The van der Waals surface area contributed by atoms with E-state index in [0.717, 1.165) is 13.1 Å². The van der Waals surface area contributed by atoms with Crippen LogP contribution in [-0.2, 0) is 0 Å². The van der Waals surface area contributed by atoms with Crippen molar-refractivity contribution in [1.29, 1.82) is 0 Å². The Morgan fingerprint density at radius 1 is 1.50 bits per heavy atom. The zero-order valence-corrected chi connectivity index (χ0v) is 12.7. The van der Waals surface area contributed by atoms with E-state index in [1.165, 1.54) is 0 Å². The summed E-state index contributed by atoms with van der Waals surface area (Å²) in [7, 11) is 0. The molecule has 5 heteroatoms. The topological polar surface area (TPSA) is 56.9 Å². The molecular formula is C15H24N2O3. The molecule has 0 unspecified atom stereocenters. The van der Waals surface area contributed by atoms with Gasteiger partial charge in [-0.25, -0.2) is 0 Å². The maximum absolute atomic E-state index is 12.5. The third-order valence-electron chi connectivity index (χ3n) is 3.67. The zero-order valence-electron chi connectivity index (χ0n) is 12.7. The highest BCUT2D eigenvalue weighted by atomic mass is 16.3. The van der Waals surface area contributed by atoms with E-state index in [9.17, 15) is 9.90 Å². The second-order valence-electron chi connectivity index (χ2n) is 6.29. The van der Waals surface area contributed by atoms with Crippen LogP contribution in [0.5, 0.6) is 0 Å². The second kappa shape index (κ2) is 5.58. The molecule has 0 bridgehead atoms. The number of piperazine rings is 1. The lowest BCUT2D eigenvalue weighted by atomic mass is 10.1. The van der Waals surface area contributed by atoms with Gasteiger partial charge in [-0.05, 0) is 33.8 Å². The molecule has 0 spiro atoms. The van der Waals surface area contributed by atoms with Crippen molar-refractivity contribution in [2.45, 2.75) is 39.3 Å². The van der Waals surface area contributed by atoms with Crippen LogP contribution in [0.3, 0.4) is 0 Å². The first-order valence-corrected chi connectivity index (χ1v) is 7.08. The third-order valence-corrected chi connectivity index (χ3v) is 3.67. The number of rotatable bonds is 3. The molecule has 1 aliphatic rings. The van der Waals surface area contributed by atoms with Crippen molar-refractivity contribution in [3.63, 3.8) is 0 Å². The minimum atomic E-state index is -0.701. The second-order valence-corrected chi connectivity index (χ2v) is 6.29. The molecule has 1 aliphatic heterocycles. The van der Waals surface area contributed by atoms with E-state index >= 15 is 0 Å². The number of furan rings is 1. The number of nitrogens with zero attached hydrogens (tertiary/aromatic N) is 2. The van der Waals surface area contributed by atoms with E-state index in [2.05, 4.69) is 4.90 Å². The average molecular weight is 280 g/mol. The highest BCUT2D eigenvalue weighted by Crippen LogP contribution is 2.18. The fourth-order valence-corrected chi connectivity index (χ4v) is 2.79. The van der Waals surface area contributed by atoms with Gasteiger partial charge in [0.15, 0.2) is 0 Å². The fourth-order valence-electron chi connectivity index (χ4n) is 2.79. The molecule has 1 N–H and O–H groups in total. The molecule has 1 fully saturated rings. The van der Waals surface area contributed by atoms with Crippen molar-refractivity contribution in [3.8, 4) is 0 Å². The minimum Gasteiger partial charge on any atom is -0.469 e. The molecule has 1 aromatic rings. The zero-order chi connectivity index (χ0) is 14.9. The van der Waals surface area contributed by atoms with Crippen LogP contribution in [0.4, 0.5) is 0 Å². The summed E-state index contributed by atoms with van der Waals surface area (Å²) in [5, 5.41) is 9.88. The lowest BCUT2D eigenvalue weighted by Gasteiger charge is -2.41. The normalized spacial score (nSPS) is 21.2. The van der Waals surface area contributed by atoms with Gasteiger partial charge in [-0.2, -0.15) is 0 Å². The standard InChI is InChI=1S/C15H24N2O3/c1-11-9-16(10-15(3,4)19)6-7-17(11)14(18)13-5-8-20-12(13)2/h5,8,11,19H,6-7,9-10H2,1-4H3/t11-/m0/s1. The van der Waals surface area contributed by atoms with Crippen LogP contribution in [0, 0.1) is 6.92 Å². The Labute approximate surface area is 120 Å². The first-order chi connectivity index (χ1) is 9.28. The summed E-state index contributed by atoms with van der Waals surface area (Å²) >= 11 is 0. The van der Waals surface area contributed by atoms with Crippen molar-refractivity contribution in [1.82, 2.24) is 9.80 Å². The molecule has 2 rings (SSSR count). The Balaban J connectivity index is 2.00. The molecule has 0 aliphatic carbocycles. The molecule has 2 heterocycles. The number of β-amino-alcohol motifs (C(OH)–C–C–N with tert-alkyl or cyclic N) is 1. The maximum atomic E-state index is 12.5. The van der Waals surface area contributed by atoms with Crippen molar-refractivity contribution >= 4 is 5.91 Å². The minimum absolute atomic E-state index is 0.0339. The third kappa shape index (κ3) is 3.41. The number of hydrogen-bond donors (Lipinski definition) is 1. The number of amides is 1. The predicted octanol–water partition coefficient (Wildman–Crippen LogP) is 1.51. The molecule has 0 aromatic carbocycles. The molecule has 112 valence electrons. The lowest BCUT2D eigenvalue weighted by Crippen LogP contribution is -2.56. The van der Waals surface area contributed by atoms with Crippen LogP contribution in [-0.4, -0.2) is 58.6 Å². The summed E-state index contributed by atoms with van der Waals surface area (Å²) < 4.78 is 5.21. The Morgan fingerprint density at radius 2 is 2.20 bits per heavy atom. The van der Waals surface area contributed by atoms with Gasteiger partial charge < -0.3 is 14.4 Å². The summed E-state index contributed by atoms with van der Waals surface area (Å²) in [6.45, 7) is 10.4. The quantitative estimate of drug-likeness (QED) is 0.911. The molecule has 0 saturated carbocycles. The van der Waals surface area contributed by atoms with Crippen LogP contribution < -0.4 is 0 Å². The van der Waals surface area contributed by atoms with Crippen molar-refractivity contribution in [3.05, 3.63) is 23.7 Å². The van der Waals surface area contributed by atoms with Crippen molar-refractivity contribution in [2.75, 3.05) is 26.2 Å². The molecule has 1 amide bonds. The van der Waals surface area contributed by atoms with Crippen LogP contribution in [0.15, 0.2) is 16.7 Å². The summed E-state index contributed by atoms with van der Waals surface area (Å²) in [6.07, 6.45) is 1.55. The smallest absolute Gasteiger partial charge is 0.257 e. The summed E-state index contributed by atoms with van der Waals surface area (Å²) in [6, 6.07) is 1.86. The van der Waals surface area contributed by atoms with Gasteiger partial charge >= 0.3 is 0 Å². The first kappa shape index (κ1) is 15.1. The number of aryl methyl sites for hydroxylation is 1. The average Bonchev–Trinajstić information content (AvgIpc) is 2.72. The molecule has 5 nitrogen and oxygen atoms in total. The first-order valence-electron chi connectivity index (χ1n) is 7.08. The van der Waals surface area contributed by atoms with Crippen LogP contribution in [0.25, 0.3) is 0 Å². The lowest BCUT2D eigenvalue weighted by molar-refractivity contribution is 0.00574. The SMILES string of the molecule is Cc1occc1C(=O)N1CCN(CC(C)(C)O)C[C@@H]1C. The summed E-state index contributed by atoms with van der Waals surface area (Å²) in [5.74, 6) is 0.702.